The van der Waals surface area contributed by atoms with Crippen LogP contribution in [0.25, 0.3) is 10.8 Å². The topological polar surface area (TPSA) is 38.3 Å². The predicted molar refractivity (Wildman–Crippen MR) is 97.6 cm³/mol. The molecule has 1 amide bonds. The Hall–Kier alpha value is -3.02. The maximum Gasteiger partial charge on any atom is 0.471 e. The molecular weight excluding hydrogens is 355 g/mol. The highest BCUT2D eigenvalue weighted by Crippen LogP contribution is 2.21. The lowest BCUT2D eigenvalue weighted by molar-refractivity contribution is -0.174. The van der Waals surface area contributed by atoms with E-state index in [2.05, 4.69) is 0 Å². The van der Waals surface area contributed by atoms with E-state index in [1.165, 1.54) is 0 Å². The van der Waals surface area contributed by atoms with Crippen molar-refractivity contribution in [1.29, 1.82) is 0 Å². The van der Waals surface area contributed by atoms with Gasteiger partial charge in [-0.2, -0.15) is 13.2 Å². The minimum atomic E-state index is -4.93. The van der Waals surface area contributed by atoms with E-state index in [0.29, 0.717) is 5.75 Å². The molecule has 0 saturated heterocycles. The van der Waals surface area contributed by atoms with Gasteiger partial charge >= 0.3 is 12.1 Å². The molecule has 1 N–H and O–H groups in total. The number of carbonyl (C=O) groups excluding carboxylic acids is 1. The monoisotopic (exact) mass is 373 g/mol. The fraction of sp³-hybridized carbons (Fsp3) is 0.190. The summed E-state index contributed by atoms with van der Waals surface area (Å²) in [5, 5.41) is 4.03. The Labute approximate surface area is 154 Å². The molecule has 140 valence electrons. The maximum absolute atomic E-state index is 12.6. The molecule has 3 nitrogen and oxygen atoms in total. The molecule has 3 aromatic carbocycles. The average molecular weight is 373 g/mol. The second-order valence-electron chi connectivity index (χ2n) is 6.18. The summed E-state index contributed by atoms with van der Waals surface area (Å²) in [7, 11) is 0. The van der Waals surface area contributed by atoms with Gasteiger partial charge in [-0.15, -0.1) is 0 Å². The predicted octanol–water partition coefficient (Wildman–Crippen LogP) is 4.51. The van der Waals surface area contributed by atoms with Crippen molar-refractivity contribution in [2.24, 2.45) is 0 Å². The van der Waals surface area contributed by atoms with Gasteiger partial charge in [0.2, 0.25) is 0 Å². The fourth-order valence-corrected chi connectivity index (χ4v) is 2.77. The number of halogens is 3. The van der Waals surface area contributed by atoms with Gasteiger partial charge in [-0.25, -0.2) is 0 Å². The zero-order chi connectivity index (χ0) is 19.3. The van der Waals surface area contributed by atoms with Crippen molar-refractivity contribution < 1.29 is 22.7 Å². The van der Waals surface area contributed by atoms with Crippen LogP contribution in [-0.4, -0.2) is 24.7 Å². The van der Waals surface area contributed by atoms with Crippen LogP contribution in [0, 0.1) is 0 Å². The number of hydrogen-bond donors (Lipinski definition) is 1. The Bertz CT molecular complexity index is 910. The number of rotatable bonds is 6. The summed E-state index contributed by atoms with van der Waals surface area (Å²) >= 11 is 0. The molecule has 3 rings (SSSR count). The standard InChI is InChI=1S/C21H18F3NO2/c22-21(23,24)20(26)25-18(12-15-6-2-1-3-7-15)14-27-19-11-10-16-8-4-5-9-17(16)13-19/h1-11,13,18H,12,14H2,(H,25,26)/t18-/m0/s1. The highest BCUT2D eigenvalue weighted by molar-refractivity contribution is 5.83. The Kier molecular flexibility index (Phi) is 5.64. The summed E-state index contributed by atoms with van der Waals surface area (Å²) in [5.74, 6) is -1.43. The first-order valence-corrected chi connectivity index (χ1v) is 8.45. The molecule has 0 fully saturated rings. The second-order valence-corrected chi connectivity index (χ2v) is 6.18. The molecule has 0 aliphatic carbocycles. The third-order valence-corrected chi connectivity index (χ3v) is 4.09. The van der Waals surface area contributed by atoms with Crippen LogP contribution in [0.15, 0.2) is 72.8 Å². The minimum Gasteiger partial charge on any atom is -0.491 e. The molecule has 0 unspecified atom stereocenters. The molecule has 0 aliphatic heterocycles. The number of carbonyl (C=O) groups is 1. The van der Waals surface area contributed by atoms with Gasteiger partial charge in [-0.3, -0.25) is 4.79 Å². The molecule has 0 radical (unpaired) electrons. The first kappa shape index (κ1) is 18.8. The van der Waals surface area contributed by atoms with Crippen molar-refractivity contribution in [3.8, 4) is 5.75 Å². The summed E-state index contributed by atoms with van der Waals surface area (Å²) in [6.45, 7) is -0.0744. The number of benzene rings is 3. The van der Waals surface area contributed by atoms with Crippen molar-refractivity contribution in [2.45, 2.75) is 18.6 Å². The molecular formula is C21H18F3NO2. The van der Waals surface area contributed by atoms with E-state index in [1.807, 2.05) is 47.8 Å². The van der Waals surface area contributed by atoms with Crippen LogP contribution in [0.1, 0.15) is 5.56 Å². The maximum atomic E-state index is 12.6. The third-order valence-electron chi connectivity index (χ3n) is 4.09. The number of amides is 1. The molecule has 0 aliphatic rings. The minimum absolute atomic E-state index is 0.0744. The number of hydrogen-bond acceptors (Lipinski definition) is 2. The van der Waals surface area contributed by atoms with Crippen molar-refractivity contribution in [2.75, 3.05) is 6.61 Å². The molecule has 0 bridgehead atoms. The first-order chi connectivity index (χ1) is 12.9. The number of alkyl halides is 3. The van der Waals surface area contributed by atoms with Gasteiger partial charge in [0.1, 0.15) is 12.4 Å². The number of ether oxygens (including phenoxy) is 1. The van der Waals surface area contributed by atoms with Gasteiger partial charge in [0, 0.05) is 0 Å². The largest absolute Gasteiger partial charge is 0.491 e. The van der Waals surface area contributed by atoms with Crippen LogP contribution in [0.4, 0.5) is 13.2 Å². The van der Waals surface area contributed by atoms with Gasteiger partial charge in [-0.1, -0.05) is 60.7 Å². The lowest BCUT2D eigenvalue weighted by atomic mass is 10.1. The van der Waals surface area contributed by atoms with E-state index in [0.717, 1.165) is 16.3 Å². The molecule has 0 spiro atoms. The Morgan fingerprint density at radius 1 is 0.926 bits per heavy atom. The molecule has 0 heterocycles. The second kappa shape index (κ2) is 8.12. The van der Waals surface area contributed by atoms with E-state index in [9.17, 15) is 18.0 Å². The molecule has 3 aromatic rings. The average Bonchev–Trinajstić information content (AvgIpc) is 2.66. The van der Waals surface area contributed by atoms with Crippen LogP contribution in [0.3, 0.4) is 0 Å². The lowest BCUT2D eigenvalue weighted by Crippen LogP contribution is -2.46. The summed E-state index contributed by atoms with van der Waals surface area (Å²) in [5.41, 5.74) is 0.812. The van der Waals surface area contributed by atoms with E-state index in [1.54, 1.807) is 30.3 Å². The molecule has 1 atom stereocenters. The summed E-state index contributed by atoms with van der Waals surface area (Å²) < 4.78 is 43.6. The van der Waals surface area contributed by atoms with Crippen molar-refractivity contribution >= 4 is 16.7 Å². The van der Waals surface area contributed by atoms with Crippen LogP contribution >= 0.6 is 0 Å². The number of fused-ring (bicyclic) bond motifs is 1. The number of nitrogens with one attached hydrogen (secondary N) is 1. The molecule has 6 heteroatoms. The zero-order valence-electron chi connectivity index (χ0n) is 14.4. The van der Waals surface area contributed by atoms with Crippen molar-refractivity contribution in [3.63, 3.8) is 0 Å². The Morgan fingerprint density at radius 3 is 2.30 bits per heavy atom. The van der Waals surface area contributed by atoms with Gasteiger partial charge < -0.3 is 10.1 Å². The molecule has 0 aromatic heterocycles. The quantitative estimate of drug-likeness (QED) is 0.691. The first-order valence-electron chi connectivity index (χ1n) is 8.45. The van der Waals surface area contributed by atoms with Gasteiger partial charge in [-0.05, 0) is 34.9 Å². The SMILES string of the molecule is O=C(N[C@H](COc1ccc2ccccc2c1)Cc1ccccc1)C(F)(F)F. The highest BCUT2D eigenvalue weighted by Gasteiger charge is 2.39. The van der Waals surface area contributed by atoms with E-state index < -0.39 is 18.1 Å². The van der Waals surface area contributed by atoms with Crippen molar-refractivity contribution in [1.82, 2.24) is 5.32 Å². The summed E-state index contributed by atoms with van der Waals surface area (Å²) in [4.78, 5) is 11.4. The Balaban J connectivity index is 1.72. The fourth-order valence-electron chi connectivity index (χ4n) is 2.77. The highest BCUT2D eigenvalue weighted by atomic mass is 19.4. The van der Waals surface area contributed by atoms with Crippen LogP contribution < -0.4 is 10.1 Å². The normalized spacial score (nSPS) is 12.6. The molecule has 0 saturated carbocycles. The van der Waals surface area contributed by atoms with Gasteiger partial charge in [0.15, 0.2) is 0 Å². The summed E-state index contributed by atoms with van der Waals surface area (Å²) in [6, 6.07) is 21.3. The Morgan fingerprint density at radius 2 is 1.59 bits per heavy atom. The molecule has 27 heavy (non-hydrogen) atoms. The summed E-state index contributed by atoms with van der Waals surface area (Å²) in [6.07, 6.45) is -4.70. The van der Waals surface area contributed by atoms with Gasteiger partial charge in [0.25, 0.3) is 0 Å². The van der Waals surface area contributed by atoms with Crippen LogP contribution in [0.2, 0.25) is 0 Å². The van der Waals surface area contributed by atoms with E-state index in [-0.39, 0.29) is 13.0 Å². The van der Waals surface area contributed by atoms with E-state index >= 15 is 0 Å². The third kappa shape index (κ3) is 5.23. The van der Waals surface area contributed by atoms with Crippen LogP contribution in [-0.2, 0) is 11.2 Å². The zero-order valence-corrected chi connectivity index (χ0v) is 14.4. The van der Waals surface area contributed by atoms with Gasteiger partial charge in [0.05, 0.1) is 6.04 Å². The van der Waals surface area contributed by atoms with E-state index in [4.69, 9.17) is 4.74 Å². The van der Waals surface area contributed by atoms with Crippen molar-refractivity contribution in [3.05, 3.63) is 78.4 Å². The smallest absolute Gasteiger partial charge is 0.471 e. The lowest BCUT2D eigenvalue weighted by Gasteiger charge is -2.20. The van der Waals surface area contributed by atoms with Crippen LogP contribution in [0.5, 0.6) is 5.75 Å².